The highest BCUT2D eigenvalue weighted by molar-refractivity contribution is 7.99. The summed E-state index contributed by atoms with van der Waals surface area (Å²) in [6.07, 6.45) is 5.56. The number of hydrogen-bond acceptors (Lipinski definition) is 6. The fourth-order valence-corrected chi connectivity index (χ4v) is 5.75. The first-order chi connectivity index (χ1) is 17.6. The molecule has 4 rings (SSSR count). The molecule has 0 fully saturated rings. The summed E-state index contributed by atoms with van der Waals surface area (Å²) in [6.45, 7) is 11.5. The van der Waals surface area contributed by atoms with E-state index < -0.39 is 0 Å². The van der Waals surface area contributed by atoms with Crippen LogP contribution in [0.15, 0.2) is 108 Å². The van der Waals surface area contributed by atoms with Gasteiger partial charge in [0.25, 0.3) is 0 Å². The van der Waals surface area contributed by atoms with Crippen LogP contribution in [0.4, 0.5) is 0 Å². The lowest BCUT2D eigenvalue weighted by Gasteiger charge is -2.08. The third kappa shape index (κ3) is 7.72. The van der Waals surface area contributed by atoms with Crippen molar-refractivity contribution in [1.29, 1.82) is 0 Å². The summed E-state index contributed by atoms with van der Waals surface area (Å²) in [5.74, 6) is 2.38. The van der Waals surface area contributed by atoms with Crippen molar-refractivity contribution in [3.63, 3.8) is 0 Å². The summed E-state index contributed by atoms with van der Waals surface area (Å²) in [6, 6.07) is 25.2. The molecule has 36 heavy (non-hydrogen) atoms. The van der Waals surface area contributed by atoms with Gasteiger partial charge in [0.2, 0.25) is 0 Å². The second-order valence-electron chi connectivity index (χ2n) is 7.89. The summed E-state index contributed by atoms with van der Waals surface area (Å²) in [7, 11) is 0. The number of benzene rings is 3. The minimum Gasteiger partial charge on any atom is -0.196 e. The van der Waals surface area contributed by atoms with Crippen LogP contribution in [0.1, 0.15) is 33.4 Å². The highest BCUT2D eigenvalue weighted by Crippen LogP contribution is 2.28. The van der Waals surface area contributed by atoms with Crippen molar-refractivity contribution in [3.8, 4) is 0 Å². The molecule has 0 N–H and O–H groups in total. The second kappa shape index (κ2) is 13.3. The van der Waals surface area contributed by atoms with Crippen molar-refractivity contribution in [3.05, 3.63) is 126 Å². The maximum absolute atomic E-state index is 4.76. The zero-order valence-corrected chi connectivity index (χ0v) is 22.4. The van der Waals surface area contributed by atoms with E-state index in [1.54, 1.807) is 35.3 Å². The molecule has 3 aromatic carbocycles. The van der Waals surface area contributed by atoms with E-state index in [1.165, 1.54) is 16.7 Å². The predicted molar refractivity (Wildman–Crippen MR) is 158 cm³/mol. The van der Waals surface area contributed by atoms with Gasteiger partial charge in [-0.1, -0.05) is 146 Å². The Morgan fingerprint density at radius 2 is 0.694 bits per heavy atom. The van der Waals surface area contributed by atoms with E-state index in [1.807, 2.05) is 18.2 Å². The first-order valence-corrected chi connectivity index (χ1v) is 14.4. The Bertz CT molecular complexity index is 1140. The molecule has 4 aromatic rings. The van der Waals surface area contributed by atoms with E-state index in [0.29, 0.717) is 0 Å². The standard InChI is InChI=1S/C30H27N3S3/c1-4-22-7-13-25(14-8-22)19-34-28-31-29(35-20-26-15-9-23(5-2)10-16-26)33-30(32-28)36-21-27-17-11-24(6-3)12-18-27/h4-18H,1-3,19-21H2. The maximum Gasteiger partial charge on any atom is 0.192 e. The molecule has 1 aromatic heterocycles. The van der Waals surface area contributed by atoms with Gasteiger partial charge in [0.05, 0.1) is 0 Å². The van der Waals surface area contributed by atoms with E-state index in [4.69, 9.17) is 15.0 Å². The number of nitrogens with zero attached hydrogens (tertiary/aromatic N) is 3. The third-order valence-electron chi connectivity index (χ3n) is 5.32. The molecule has 0 bridgehead atoms. The lowest BCUT2D eigenvalue weighted by molar-refractivity contribution is 0.717. The largest absolute Gasteiger partial charge is 0.196 e. The smallest absolute Gasteiger partial charge is 0.192 e. The molecular weight excluding hydrogens is 499 g/mol. The highest BCUT2D eigenvalue weighted by Gasteiger charge is 2.10. The van der Waals surface area contributed by atoms with Gasteiger partial charge in [0, 0.05) is 17.3 Å². The number of aromatic nitrogens is 3. The molecule has 0 saturated carbocycles. The fraction of sp³-hybridized carbons (Fsp3) is 0.100. The number of hydrogen-bond donors (Lipinski definition) is 0. The molecule has 180 valence electrons. The molecule has 3 nitrogen and oxygen atoms in total. The Morgan fingerprint density at radius 3 is 0.917 bits per heavy atom. The number of rotatable bonds is 12. The van der Waals surface area contributed by atoms with Crippen molar-refractivity contribution < 1.29 is 0 Å². The van der Waals surface area contributed by atoms with Gasteiger partial charge in [-0.3, -0.25) is 0 Å². The Hall–Kier alpha value is -3.06. The normalized spacial score (nSPS) is 10.7. The monoisotopic (exact) mass is 525 g/mol. The zero-order chi connectivity index (χ0) is 25.2. The zero-order valence-electron chi connectivity index (χ0n) is 20.0. The molecule has 0 aliphatic rings. The average molecular weight is 526 g/mol. The van der Waals surface area contributed by atoms with E-state index in [9.17, 15) is 0 Å². The van der Waals surface area contributed by atoms with Gasteiger partial charge in [0.15, 0.2) is 15.5 Å². The third-order valence-corrected chi connectivity index (χ3v) is 8.08. The molecule has 0 atom stereocenters. The molecule has 1 heterocycles. The summed E-state index contributed by atoms with van der Waals surface area (Å²) in [4.78, 5) is 14.3. The summed E-state index contributed by atoms with van der Waals surface area (Å²) < 4.78 is 0. The van der Waals surface area contributed by atoms with Crippen LogP contribution in [0.5, 0.6) is 0 Å². The number of thioether (sulfide) groups is 3. The summed E-state index contributed by atoms with van der Waals surface area (Å²) in [5.41, 5.74) is 7.01. The van der Waals surface area contributed by atoms with Gasteiger partial charge in [-0.05, 0) is 33.4 Å². The Balaban J connectivity index is 1.48. The Morgan fingerprint density at radius 1 is 0.444 bits per heavy atom. The van der Waals surface area contributed by atoms with Gasteiger partial charge < -0.3 is 0 Å². The molecule has 0 unspecified atom stereocenters. The summed E-state index contributed by atoms with van der Waals surface area (Å²) in [5, 5.41) is 2.23. The van der Waals surface area contributed by atoms with Crippen LogP contribution in [0.25, 0.3) is 18.2 Å². The molecule has 6 heteroatoms. The van der Waals surface area contributed by atoms with Crippen LogP contribution in [-0.4, -0.2) is 15.0 Å². The Kier molecular flexibility index (Phi) is 9.61. The van der Waals surface area contributed by atoms with Crippen molar-refractivity contribution in [2.45, 2.75) is 32.7 Å². The topological polar surface area (TPSA) is 38.7 Å². The van der Waals surface area contributed by atoms with Gasteiger partial charge in [-0.15, -0.1) is 0 Å². The van der Waals surface area contributed by atoms with Crippen LogP contribution in [-0.2, 0) is 17.3 Å². The minimum atomic E-state index is 0.742. The SMILES string of the molecule is C=Cc1ccc(CSc2nc(SCc3ccc(C=C)cc3)nc(SCc3ccc(C=C)cc3)n2)cc1. The van der Waals surface area contributed by atoms with Crippen LogP contribution in [0.2, 0.25) is 0 Å². The quantitative estimate of drug-likeness (QED) is 0.172. The van der Waals surface area contributed by atoms with Gasteiger partial charge in [-0.25, -0.2) is 0 Å². The lowest BCUT2D eigenvalue weighted by Crippen LogP contribution is -1.98. The second-order valence-corrected chi connectivity index (χ2v) is 10.7. The molecule has 0 aliphatic carbocycles. The van der Waals surface area contributed by atoms with Crippen molar-refractivity contribution in [1.82, 2.24) is 15.0 Å². The first-order valence-electron chi connectivity index (χ1n) is 11.4. The van der Waals surface area contributed by atoms with E-state index in [-0.39, 0.29) is 0 Å². The van der Waals surface area contributed by atoms with Crippen molar-refractivity contribution in [2.75, 3.05) is 0 Å². The van der Waals surface area contributed by atoms with Gasteiger partial charge in [-0.2, -0.15) is 15.0 Å². The predicted octanol–water partition coefficient (Wildman–Crippen LogP) is 8.68. The van der Waals surface area contributed by atoms with Crippen LogP contribution in [0, 0.1) is 0 Å². The molecule has 0 saturated heterocycles. The molecule has 0 spiro atoms. The Labute approximate surface area is 226 Å². The van der Waals surface area contributed by atoms with E-state index in [0.717, 1.165) is 49.4 Å². The van der Waals surface area contributed by atoms with Crippen LogP contribution >= 0.6 is 35.3 Å². The fourth-order valence-electron chi connectivity index (χ4n) is 3.21. The highest BCUT2D eigenvalue weighted by atomic mass is 32.2. The van der Waals surface area contributed by atoms with E-state index >= 15 is 0 Å². The maximum atomic E-state index is 4.76. The molecule has 0 amide bonds. The average Bonchev–Trinajstić information content (AvgIpc) is 2.94. The summed E-state index contributed by atoms with van der Waals surface area (Å²) >= 11 is 4.89. The molecule has 0 radical (unpaired) electrons. The first kappa shape index (κ1) is 26.0. The van der Waals surface area contributed by atoms with Gasteiger partial charge >= 0.3 is 0 Å². The minimum absolute atomic E-state index is 0.742. The van der Waals surface area contributed by atoms with Gasteiger partial charge in [0.1, 0.15) is 0 Å². The van der Waals surface area contributed by atoms with Crippen molar-refractivity contribution in [2.24, 2.45) is 0 Å². The lowest BCUT2D eigenvalue weighted by atomic mass is 10.1. The van der Waals surface area contributed by atoms with Crippen molar-refractivity contribution >= 4 is 53.5 Å². The van der Waals surface area contributed by atoms with Crippen LogP contribution in [0.3, 0.4) is 0 Å². The molecular formula is C30H27N3S3. The van der Waals surface area contributed by atoms with E-state index in [2.05, 4.69) is 92.5 Å². The van der Waals surface area contributed by atoms with Crippen LogP contribution < -0.4 is 0 Å². The molecule has 0 aliphatic heterocycles.